The van der Waals surface area contributed by atoms with Crippen LogP contribution in [0.5, 0.6) is 0 Å². The van der Waals surface area contributed by atoms with Gasteiger partial charge in [-0.25, -0.2) is 9.67 Å². The largest absolute Gasteiger partial charge is 0.320 e. The summed E-state index contributed by atoms with van der Waals surface area (Å²) >= 11 is 0. The molecule has 5 rings (SSSR count). The third kappa shape index (κ3) is 3.23. The molecule has 0 saturated heterocycles. The van der Waals surface area contributed by atoms with Gasteiger partial charge in [0.1, 0.15) is 0 Å². The van der Waals surface area contributed by atoms with Crippen LogP contribution in [0.15, 0.2) is 78.1 Å². The number of hydrogen-bond donors (Lipinski definition) is 1. The van der Waals surface area contributed by atoms with E-state index in [1.54, 1.807) is 18.7 Å². The summed E-state index contributed by atoms with van der Waals surface area (Å²) in [6.45, 7) is 2.47. The third-order valence-corrected chi connectivity index (χ3v) is 4.81. The molecule has 0 saturated carbocycles. The molecule has 0 radical (unpaired) electrons. The van der Waals surface area contributed by atoms with Gasteiger partial charge in [0.2, 0.25) is 5.95 Å². The molecule has 0 spiro atoms. The Balaban J connectivity index is 1.46. The van der Waals surface area contributed by atoms with Gasteiger partial charge in [0.15, 0.2) is 11.2 Å². The van der Waals surface area contributed by atoms with Gasteiger partial charge in [0.05, 0.1) is 12.5 Å². The van der Waals surface area contributed by atoms with Crippen molar-refractivity contribution < 1.29 is 0 Å². The van der Waals surface area contributed by atoms with Crippen LogP contribution in [0, 0.1) is 6.92 Å². The second-order valence-electron chi connectivity index (χ2n) is 6.96. The molecule has 0 unspecified atom stereocenters. The molecule has 2 aromatic carbocycles. The number of nitrogens with zero attached hydrogens (tertiary/aromatic N) is 5. The molecule has 29 heavy (non-hydrogen) atoms. The van der Waals surface area contributed by atoms with E-state index in [2.05, 4.69) is 56.4 Å². The summed E-state index contributed by atoms with van der Waals surface area (Å²) in [5.41, 5.74) is 5.00. The first-order valence-electron chi connectivity index (χ1n) is 9.28. The summed E-state index contributed by atoms with van der Waals surface area (Å²) in [5.74, 6) is 0.355. The van der Waals surface area contributed by atoms with Crippen LogP contribution in [0.2, 0.25) is 0 Å². The van der Waals surface area contributed by atoms with E-state index >= 15 is 0 Å². The quantitative estimate of drug-likeness (QED) is 0.517. The molecule has 0 aliphatic carbocycles. The summed E-state index contributed by atoms with van der Waals surface area (Å²) in [4.78, 5) is 24.3. The van der Waals surface area contributed by atoms with Crippen molar-refractivity contribution in [2.75, 3.05) is 0 Å². The molecule has 5 aromatic rings. The van der Waals surface area contributed by atoms with Crippen LogP contribution in [0.4, 0.5) is 0 Å². The zero-order valence-corrected chi connectivity index (χ0v) is 15.8. The molecule has 0 atom stereocenters. The molecule has 142 valence electrons. The minimum atomic E-state index is -0.239. The van der Waals surface area contributed by atoms with Gasteiger partial charge in [-0.1, -0.05) is 54.6 Å². The normalized spacial score (nSPS) is 11.2. The van der Waals surface area contributed by atoms with Gasteiger partial charge < -0.3 is 4.57 Å². The number of rotatable bonds is 4. The van der Waals surface area contributed by atoms with E-state index in [4.69, 9.17) is 0 Å². The number of H-pyrrole nitrogens is 1. The van der Waals surface area contributed by atoms with Crippen molar-refractivity contribution in [3.8, 4) is 17.1 Å². The molecule has 1 N–H and O–H groups in total. The van der Waals surface area contributed by atoms with E-state index in [1.807, 2.05) is 29.7 Å². The van der Waals surface area contributed by atoms with Gasteiger partial charge in [-0.15, -0.1) is 0 Å². The average molecular weight is 382 g/mol. The maximum Gasteiger partial charge on any atom is 0.278 e. The van der Waals surface area contributed by atoms with Gasteiger partial charge >= 0.3 is 0 Å². The summed E-state index contributed by atoms with van der Waals surface area (Å²) < 4.78 is 3.36. The van der Waals surface area contributed by atoms with Crippen molar-refractivity contribution in [3.63, 3.8) is 0 Å². The Labute approximate surface area is 166 Å². The number of aromatic amines is 1. The highest BCUT2D eigenvalue weighted by Gasteiger charge is 2.12. The predicted octanol–water partition coefficient (Wildman–Crippen LogP) is 3.33. The number of nitrogens with one attached hydrogen (secondary N) is 1. The molecule has 3 heterocycles. The Morgan fingerprint density at radius 2 is 1.76 bits per heavy atom. The van der Waals surface area contributed by atoms with Crippen molar-refractivity contribution in [1.82, 2.24) is 29.3 Å². The van der Waals surface area contributed by atoms with E-state index in [1.165, 1.54) is 10.2 Å². The van der Waals surface area contributed by atoms with Crippen LogP contribution in [-0.2, 0) is 6.54 Å². The number of hydrogen-bond acceptors (Lipinski definition) is 4. The first kappa shape index (κ1) is 17.1. The predicted molar refractivity (Wildman–Crippen MR) is 111 cm³/mol. The van der Waals surface area contributed by atoms with Crippen molar-refractivity contribution in [2.24, 2.45) is 0 Å². The number of aryl methyl sites for hydroxylation is 1. The molecule has 0 aliphatic heterocycles. The van der Waals surface area contributed by atoms with Crippen LogP contribution in [-0.4, -0.2) is 29.3 Å². The Bertz CT molecular complexity index is 1350. The Morgan fingerprint density at radius 3 is 2.48 bits per heavy atom. The van der Waals surface area contributed by atoms with Crippen molar-refractivity contribution in [2.45, 2.75) is 13.5 Å². The van der Waals surface area contributed by atoms with Crippen molar-refractivity contribution in [3.05, 3.63) is 94.8 Å². The van der Waals surface area contributed by atoms with E-state index in [-0.39, 0.29) is 5.56 Å². The summed E-state index contributed by atoms with van der Waals surface area (Å²) in [6.07, 6.45) is 5.16. The zero-order chi connectivity index (χ0) is 19.8. The third-order valence-electron chi connectivity index (χ3n) is 4.81. The van der Waals surface area contributed by atoms with Gasteiger partial charge in [0, 0.05) is 12.7 Å². The van der Waals surface area contributed by atoms with Gasteiger partial charge in [-0.2, -0.15) is 10.1 Å². The topological polar surface area (TPSA) is 81.4 Å². The van der Waals surface area contributed by atoms with Crippen LogP contribution < -0.4 is 5.56 Å². The zero-order valence-electron chi connectivity index (χ0n) is 15.8. The van der Waals surface area contributed by atoms with Crippen LogP contribution in [0.3, 0.4) is 0 Å². The van der Waals surface area contributed by atoms with Gasteiger partial charge in [-0.3, -0.25) is 9.78 Å². The highest BCUT2D eigenvalue weighted by atomic mass is 16.1. The monoisotopic (exact) mass is 382 g/mol. The van der Waals surface area contributed by atoms with E-state index in [0.717, 1.165) is 16.7 Å². The Kier molecular flexibility index (Phi) is 4.05. The van der Waals surface area contributed by atoms with E-state index in [9.17, 15) is 4.79 Å². The molecule has 7 nitrogen and oxygen atoms in total. The molecule has 0 fully saturated rings. The minimum absolute atomic E-state index is 0.239. The highest BCUT2D eigenvalue weighted by Crippen LogP contribution is 2.20. The number of benzene rings is 2. The van der Waals surface area contributed by atoms with Gasteiger partial charge in [0.25, 0.3) is 5.56 Å². The smallest absolute Gasteiger partial charge is 0.278 e. The summed E-state index contributed by atoms with van der Waals surface area (Å²) in [5, 5.41) is 4.19. The highest BCUT2D eigenvalue weighted by molar-refractivity contribution is 5.70. The maximum atomic E-state index is 12.7. The second-order valence-corrected chi connectivity index (χ2v) is 6.96. The fraction of sp³-hybridized carbons (Fsp3) is 0.0909. The molecular weight excluding hydrogens is 364 g/mol. The number of aromatic nitrogens is 6. The van der Waals surface area contributed by atoms with E-state index in [0.29, 0.717) is 23.7 Å². The standard InChI is InChI=1S/C22H18N6O/c1-15-11-24-28(12-15)22-25-20-19(21(29)26-22)27(14-23-20)13-16-7-9-18(10-8-16)17-5-3-2-4-6-17/h2-12,14H,13H2,1H3,(H,25,26,29). The van der Waals surface area contributed by atoms with E-state index < -0.39 is 0 Å². The molecular formula is C22H18N6O. The lowest BCUT2D eigenvalue weighted by atomic mass is 10.0. The molecule has 7 heteroatoms. The Morgan fingerprint density at radius 1 is 1.00 bits per heavy atom. The molecule has 0 aliphatic rings. The summed E-state index contributed by atoms with van der Waals surface area (Å²) in [7, 11) is 0. The SMILES string of the molecule is Cc1cnn(-c2nc3ncn(Cc4ccc(-c5ccccc5)cc4)c3c(=O)[nH]2)c1. The van der Waals surface area contributed by atoms with Crippen LogP contribution in [0.1, 0.15) is 11.1 Å². The fourth-order valence-electron chi connectivity index (χ4n) is 3.36. The minimum Gasteiger partial charge on any atom is -0.320 e. The lowest BCUT2D eigenvalue weighted by Gasteiger charge is -2.07. The van der Waals surface area contributed by atoms with Crippen LogP contribution >= 0.6 is 0 Å². The van der Waals surface area contributed by atoms with Crippen molar-refractivity contribution in [1.29, 1.82) is 0 Å². The number of fused-ring (bicyclic) bond motifs is 1. The average Bonchev–Trinajstić information content (AvgIpc) is 3.36. The van der Waals surface area contributed by atoms with Crippen molar-refractivity contribution >= 4 is 11.2 Å². The summed E-state index contributed by atoms with van der Waals surface area (Å²) in [6, 6.07) is 18.5. The fourth-order valence-corrected chi connectivity index (χ4v) is 3.36. The first-order valence-corrected chi connectivity index (χ1v) is 9.28. The first-order chi connectivity index (χ1) is 14.2. The lowest BCUT2D eigenvalue weighted by molar-refractivity contribution is 0.798. The molecule has 0 bridgehead atoms. The maximum absolute atomic E-state index is 12.7. The second kappa shape index (κ2) is 6.87. The molecule has 3 aromatic heterocycles. The van der Waals surface area contributed by atoms with Gasteiger partial charge in [-0.05, 0) is 29.2 Å². The van der Waals surface area contributed by atoms with Crippen LogP contribution in [0.25, 0.3) is 28.2 Å². The molecule has 0 amide bonds. The Hall–Kier alpha value is -4.00. The lowest BCUT2D eigenvalue weighted by Crippen LogP contribution is -2.16. The number of imidazole rings is 1.